The topological polar surface area (TPSA) is 86.2 Å². The summed E-state index contributed by atoms with van der Waals surface area (Å²) in [6.45, 7) is 6.69. The van der Waals surface area contributed by atoms with Crippen LogP contribution in [0.4, 0.5) is 6.01 Å². The lowest BCUT2D eigenvalue weighted by molar-refractivity contribution is 0.132. The van der Waals surface area contributed by atoms with Crippen molar-refractivity contribution in [3.63, 3.8) is 0 Å². The molecule has 0 atom stereocenters. The third-order valence-corrected chi connectivity index (χ3v) is 2.00. The second-order valence-electron chi connectivity index (χ2n) is 3.93. The van der Waals surface area contributed by atoms with Crippen LogP contribution in [0.1, 0.15) is 26.2 Å². The molecule has 0 fully saturated rings. The summed E-state index contributed by atoms with van der Waals surface area (Å²) in [5, 5.41) is 10.5. The van der Waals surface area contributed by atoms with E-state index in [-0.39, 0.29) is 6.54 Å². The van der Waals surface area contributed by atoms with E-state index >= 15 is 0 Å². The lowest BCUT2D eigenvalue weighted by Crippen LogP contribution is -2.11. The Hall–Kier alpha value is -1.14. The Balaban J connectivity index is 2.02. The molecule has 3 N–H and O–H groups in total. The van der Waals surface area contributed by atoms with Crippen LogP contribution < -0.4 is 11.1 Å². The first-order chi connectivity index (χ1) is 7.72. The third kappa shape index (κ3) is 5.09. The van der Waals surface area contributed by atoms with E-state index in [1.807, 2.05) is 0 Å². The average Bonchev–Trinajstić information content (AvgIpc) is 2.70. The Morgan fingerprint density at radius 2 is 2.19 bits per heavy atom. The number of ether oxygens (including phenoxy) is 1. The number of nitrogens with zero attached hydrogens (tertiary/aromatic N) is 2. The molecule has 1 aromatic rings. The molecule has 0 aliphatic heterocycles. The van der Waals surface area contributed by atoms with Crippen molar-refractivity contribution in [1.82, 2.24) is 10.2 Å². The van der Waals surface area contributed by atoms with Crippen LogP contribution in [0.2, 0.25) is 0 Å². The van der Waals surface area contributed by atoms with Crippen molar-refractivity contribution in [2.45, 2.75) is 26.8 Å². The Kier molecular flexibility index (Phi) is 5.81. The molecule has 0 bridgehead atoms. The number of hydrogen-bond donors (Lipinski definition) is 2. The standard InChI is InChI=1S/C10H20N4O2/c1-8(2)3-5-15-6-4-12-10-14-13-9(7-11)16-10/h8H,3-7,11H2,1-2H3,(H,12,14). The highest BCUT2D eigenvalue weighted by molar-refractivity contribution is 5.16. The van der Waals surface area contributed by atoms with Crippen molar-refractivity contribution < 1.29 is 9.15 Å². The maximum atomic E-state index is 5.42. The lowest BCUT2D eigenvalue weighted by Gasteiger charge is -2.06. The molecule has 6 heteroatoms. The summed E-state index contributed by atoms with van der Waals surface area (Å²) in [4.78, 5) is 0. The van der Waals surface area contributed by atoms with E-state index in [1.54, 1.807) is 0 Å². The van der Waals surface area contributed by atoms with Gasteiger partial charge in [0.05, 0.1) is 13.2 Å². The van der Waals surface area contributed by atoms with Gasteiger partial charge in [-0.25, -0.2) is 0 Å². The summed E-state index contributed by atoms with van der Waals surface area (Å²) < 4.78 is 10.6. The minimum Gasteiger partial charge on any atom is -0.407 e. The highest BCUT2D eigenvalue weighted by atomic mass is 16.5. The maximum absolute atomic E-state index is 5.42. The molecule has 0 aliphatic rings. The second kappa shape index (κ2) is 7.19. The van der Waals surface area contributed by atoms with Gasteiger partial charge in [0, 0.05) is 13.2 Å². The summed E-state index contributed by atoms with van der Waals surface area (Å²) in [6.07, 6.45) is 1.08. The fourth-order valence-electron chi connectivity index (χ4n) is 1.06. The molecule has 1 aromatic heterocycles. The van der Waals surface area contributed by atoms with Crippen molar-refractivity contribution in [3.05, 3.63) is 5.89 Å². The Morgan fingerprint density at radius 3 is 2.81 bits per heavy atom. The molecule has 16 heavy (non-hydrogen) atoms. The first-order valence-corrected chi connectivity index (χ1v) is 5.56. The van der Waals surface area contributed by atoms with Gasteiger partial charge in [0.25, 0.3) is 0 Å². The minimum atomic E-state index is 0.263. The van der Waals surface area contributed by atoms with E-state index in [2.05, 4.69) is 29.4 Å². The van der Waals surface area contributed by atoms with Crippen LogP contribution in [0.3, 0.4) is 0 Å². The molecule has 0 unspecified atom stereocenters. The highest BCUT2D eigenvalue weighted by Gasteiger charge is 2.02. The monoisotopic (exact) mass is 228 g/mol. The molecule has 0 saturated heterocycles. The van der Waals surface area contributed by atoms with Gasteiger partial charge in [0.1, 0.15) is 0 Å². The second-order valence-corrected chi connectivity index (χ2v) is 3.93. The molecule has 0 aromatic carbocycles. The lowest BCUT2D eigenvalue weighted by atomic mass is 10.1. The smallest absolute Gasteiger partial charge is 0.315 e. The predicted octanol–water partition coefficient (Wildman–Crippen LogP) is 1.00. The zero-order chi connectivity index (χ0) is 11.8. The van der Waals surface area contributed by atoms with Crippen molar-refractivity contribution in [2.75, 3.05) is 25.1 Å². The number of rotatable bonds is 8. The van der Waals surface area contributed by atoms with E-state index in [0.29, 0.717) is 31.0 Å². The summed E-state index contributed by atoms with van der Waals surface area (Å²) >= 11 is 0. The van der Waals surface area contributed by atoms with Crippen LogP contribution in [0.5, 0.6) is 0 Å². The van der Waals surface area contributed by atoms with Crippen LogP contribution in [-0.2, 0) is 11.3 Å². The van der Waals surface area contributed by atoms with Crippen molar-refractivity contribution >= 4 is 6.01 Å². The molecule has 0 saturated carbocycles. The van der Waals surface area contributed by atoms with Gasteiger partial charge in [-0.2, -0.15) is 0 Å². The third-order valence-electron chi connectivity index (χ3n) is 2.00. The molecule has 6 nitrogen and oxygen atoms in total. The maximum Gasteiger partial charge on any atom is 0.315 e. The fourth-order valence-corrected chi connectivity index (χ4v) is 1.06. The normalized spacial score (nSPS) is 11.0. The molecular formula is C10H20N4O2. The van der Waals surface area contributed by atoms with E-state index < -0.39 is 0 Å². The van der Waals surface area contributed by atoms with Crippen LogP contribution >= 0.6 is 0 Å². The van der Waals surface area contributed by atoms with E-state index in [4.69, 9.17) is 14.9 Å². The number of hydrogen-bond acceptors (Lipinski definition) is 6. The van der Waals surface area contributed by atoms with Gasteiger partial charge in [0.15, 0.2) is 0 Å². The van der Waals surface area contributed by atoms with E-state index in [9.17, 15) is 0 Å². The molecule has 0 spiro atoms. The van der Waals surface area contributed by atoms with Gasteiger partial charge < -0.3 is 20.2 Å². The summed E-state index contributed by atoms with van der Waals surface area (Å²) in [5.41, 5.74) is 5.34. The molecule has 92 valence electrons. The van der Waals surface area contributed by atoms with E-state index in [0.717, 1.165) is 13.0 Å². The molecule has 0 amide bonds. The summed E-state index contributed by atoms with van der Waals surface area (Å²) in [5.74, 6) is 1.11. The zero-order valence-corrected chi connectivity index (χ0v) is 9.90. The Labute approximate surface area is 95.6 Å². The van der Waals surface area contributed by atoms with Crippen molar-refractivity contribution in [2.24, 2.45) is 11.7 Å². The summed E-state index contributed by atoms with van der Waals surface area (Å²) in [7, 11) is 0. The quantitative estimate of drug-likeness (QED) is 0.646. The Morgan fingerprint density at radius 1 is 1.38 bits per heavy atom. The van der Waals surface area contributed by atoms with Crippen LogP contribution in [0.25, 0.3) is 0 Å². The molecule has 1 heterocycles. The molecule has 0 radical (unpaired) electrons. The molecule has 0 aliphatic carbocycles. The van der Waals surface area contributed by atoms with Crippen LogP contribution in [0.15, 0.2) is 4.42 Å². The largest absolute Gasteiger partial charge is 0.407 e. The predicted molar refractivity (Wildman–Crippen MR) is 61.0 cm³/mol. The highest BCUT2D eigenvalue weighted by Crippen LogP contribution is 2.03. The number of nitrogens with one attached hydrogen (secondary N) is 1. The van der Waals surface area contributed by atoms with Crippen LogP contribution in [-0.4, -0.2) is 30.0 Å². The SMILES string of the molecule is CC(C)CCOCCNc1nnc(CN)o1. The van der Waals surface area contributed by atoms with Gasteiger partial charge in [0.2, 0.25) is 5.89 Å². The van der Waals surface area contributed by atoms with E-state index in [1.165, 1.54) is 0 Å². The zero-order valence-electron chi connectivity index (χ0n) is 9.90. The first kappa shape index (κ1) is 12.9. The van der Waals surface area contributed by atoms with Gasteiger partial charge in [-0.1, -0.05) is 18.9 Å². The van der Waals surface area contributed by atoms with Gasteiger partial charge in [-0.15, -0.1) is 5.10 Å². The fraction of sp³-hybridized carbons (Fsp3) is 0.800. The van der Waals surface area contributed by atoms with Gasteiger partial charge in [-0.05, 0) is 12.3 Å². The summed E-state index contributed by atoms with van der Waals surface area (Å²) in [6, 6.07) is 0.396. The van der Waals surface area contributed by atoms with Crippen molar-refractivity contribution in [3.8, 4) is 0 Å². The Bertz CT molecular complexity index is 288. The molecule has 1 rings (SSSR count). The number of aromatic nitrogens is 2. The first-order valence-electron chi connectivity index (χ1n) is 5.56. The van der Waals surface area contributed by atoms with Crippen LogP contribution in [0, 0.1) is 5.92 Å². The van der Waals surface area contributed by atoms with Crippen molar-refractivity contribution in [1.29, 1.82) is 0 Å². The van der Waals surface area contributed by atoms with Gasteiger partial charge >= 0.3 is 6.01 Å². The molecular weight excluding hydrogens is 208 g/mol. The van der Waals surface area contributed by atoms with Gasteiger partial charge in [-0.3, -0.25) is 0 Å². The number of nitrogens with two attached hydrogens (primary N) is 1. The number of anilines is 1. The average molecular weight is 228 g/mol. The minimum absolute atomic E-state index is 0.263.